The Morgan fingerprint density at radius 1 is 1.50 bits per heavy atom. The first-order valence-corrected chi connectivity index (χ1v) is 5.26. The van der Waals surface area contributed by atoms with Gasteiger partial charge in [-0.25, -0.2) is 0 Å². The minimum absolute atomic E-state index is 0.270. The molecule has 0 spiro atoms. The molecule has 0 aliphatic rings. The van der Waals surface area contributed by atoms with Crippen LogP contribution >= 0.6 is 9.53 Å². The molecule has 0 saturated heterocycles. The van der Waals surface area contributed by atoms with Gasteiger partial charge in [0.15, 0.2) is 0 Å². The van der Waals surface area contributed by atoms with E-state index in [1.165, 1.54) is 0 Å². The van der Waals surface area contributed by atoms with Crippen LogP contribution in [0.2, 0.25) is 0 Å². The second kappa shape index (κ2) is 7.43. The number of hydrogen-bond donors (Lipinski definition) is 0. The zero-order valence-corrected chi connectivity index (χ0v) is 6.86. The summed E-state index contributed by atoms with van der Waals surface area (Å²) in [7, 11) is 5.42. The number of hydrogen-bond acceptors (Lipinski definition) is 0. The Morgan fingerprint density at radius 2 is 2.25 bits per heavy atom. The summed E-state index contributed by atoms with van der Waals surface area (Å²) < 4.78 is 2.00. The van der Waals surface area contributed by atoms with E-state index < -0.39 is 0 Å². The molecule has 0 N–H and O–H groups in total. The predicted octanol–water partition coefficient (Wildman–Crippen LogP) is 2.70. The van der Waals surface area contributed by atoms with Crippen LogP contribution in [0.4, 0.5) is 0 Å². The third kappa shape index (κ3) is 6.43. The molecule has 8 heavy (non-hydrogen) atoms. The Morgan fingerprint density at radius 3 is 2.75 bits per heavy atom. The first kappa shape index (κ1) is 8.43. The molecular formula is C6H9ClPd. The third-order valence-electron chi connectivity index (χ3n) is 0.652. The molecule has 0 unspecified atom stereocenters. The Labute approximate surface area is 62.7 Å². The summed E-state index contributed by atoms with van der Waals surface area (Å²) in [6.45, 7) is 3.60. The fraction of sp³-hybridized carbons (Fsp3) is 0.333. The summed E-state index contributed by atoms with van der Waals surface area (Å²) in [5, 5.41) is 0. The maximum atomic E-state index is 5.42. The molecule has 0 bridgehead atoms. The van der Waals surface area contributed by atoms with Crippen LogP contribution in [0.3, 0.4) is 0 Å². The molecule has 0 aromatic carbocycles. The molecule has 0 radical (unpaired) electrons. The second-order valence-corrected chi connectivity index (χ2v) is 2.95. The minimum atomic E-state index is 0.270. The van der Waals surface area contributed by atoms with Crippen LogP contribution in [0.25, 0.3) is 0 Å². The average molecular weight is 223 g/mol. The quantitative estimate of drug-likeness (QED) is 0.390. The van der Waals surface area contributed by atoms with Crippen LogP contribution in [-0.2, 0) is 17.0 Å². The van der Waals surface area contributed by atoms with Crippen molar-refractivity contribution in [3.63, 3.8) is 0 Å². The van der Waals surface area contributed by atoms with Crippen LogP contribution < -0.4 is 0 Å². The average Bonchev–Trinajstić information content (AvgIpc) is 1.81. The van der Waals surface area contributed by atoms with Gasteiger partial charge in [-0.15, -0.1) is 0 Å². The molecule has 0 aliphatic carbocycles. The topological polar surface area (TPSA) is 0 Å². The summed E-state index contributed by atoms with van der Waals surface area (Å²) in [4.78, 5) is 0. The Balaban J connectivity index is 2.90. The van der Waals surface area contributed by atoms with E-state index in [1.807, 2.05) is 10.6 Å². The molecule has 0 amide bonds. The monoisotopic (exact) mass is 222 g/mol. The van der Waals surface area contributed by atoms with Crippen molar-refractivity contribution in [3.8, 4) is 0 Å². The summed E-state index contributed by atoms with van der Waals surface area (Å²) in [5.74, 6) is 0. The van der Waals surface area contributed by atoms with Crippen molar-refractivity contribution in [2.45, 2.75) is 12.8 Å². The van der Waals surface area contributed by atoms with Crippen molar-refractivity contribution in [1.82, 2.24) is 0 Å². The fourth-order valence-corrected chi connectivity index (χ4v) is 1.03. The van der Waals surface area contributed by atoms with Crippen LogP contribution in [0, 0.1) is 0 Å². The first-order chi connectivity index (χ1) is 3.91. The van der Waals surface area contributed by atoms with Crippen molar-refractivity contribution in [1.29, 1.82) is 0 Å². The number of rotatable bonds is 4. The summed E-state index contributed by atoms with van der Waals surface area (Å²) in [5.41, 5.74) is 0. The Bertz CT molecular complexity index is 78.6. The molecule has 2 heteroatoms. The van der Waals surface area contributed by atoms with Crippen LogP contribution in [0.1, 0.15) is 12.8 Å². The predicted molar refractivity (Wildman–Crippen MR) is 34.4 cm³/mol. The van der Waals surface area contributed by atoms with Gasteiger partial charge in [0.2, 0.25) is 0 Å². The van der Waals surface area contributed by atoms with E-state index in [-0.39, 0.29) is 17.0 Å². The maximum absolute atomic E-state index is 5.42. The van der Waals surface area contributed by atoms with Crippen molar-refractivity contribution in [2.24, 2.45) is 0 Å². The molecule has 0 rings (SSSR count). The SMILES string of the molecule is C=CCCC=[CH][Pd][Cl]. The van der Waals surface area contributed by atoms with E-state index in [2.05, 4.69) is 12.7 Å². The van der Waals surface area contributed by atoms with Crippen LogP contribution in [0.5, 0.6) is 0 Å². The van der Waals surface area contributed by atoms with Crippen molar-refractivity contribution in [2.75, 3.05) is 0 Å². The van der Waals surface area contributed by atoms with Gasteiger partial charge in [0, 0.05) is 0 Å². The normalized spacial score (nSPS) is 10.6. The summed E-state index contributed by atoms with van der Waals surface area (Å²) in [6, 6.07) is 0. The fourth-order valence-electron chi connectivity index (χ4n) is 0.295. The van der Waals surface area contributed by atoms with Gasteiger partial charge in [-0.05, 0) is 0 Å². The molecule has 0 aliphatic heterocycles. The van der Waals surface area contributed by atoms with Crippen LogP contribution in [0.15, 0.2) is 23.3 Å². The molecule has 0 fully saturated rings. The van der Waals surface area contributed by atoms with Gasteiger partial charge in [-0.2, -0.15) is 0 Å². The summed E-state index contributed by atoms with van der Waals surface area (Å²) in [6.07, 6.45) is 6.13. The molecular weight excluding hydrogens is 214 g/mol. The van der Waals surface area contributed by atoms with Gasteiger partial charge in [-0.3, -0.25) is 0 Å². The van der Waals surface area contributed by atoms with E-state index >= 15 is 0 Å². The molecule has 0 saturated carbocycles. The Hall–Kier alpha value is 0.432. The van der Waals surface area contributed by atoms with Gasteiger partial charge in [0.1, 0.15) is 0 Å². The van der Waals surface area contributed by atoms with E-state index in [4.69, 9.17) is 9.53 Å². The zero-order valence-electron chi connectivity index (χ0n) is 4.55. The standard InChI is InChI=1S/C6H9.ClH.Pd/c1-3-5-6-4-2;;/h1,3-4H,2,5-6H2;1H;/q;;+1/p-1. The number of unbranched alkanes of at least 4 members (excludes halogenated alkanes) is 1. The van der Waals surface area contributed by atoms with Gasteiger partial charge < -0.3 is 0 Å². The molecule has 0 aromatic heterocycles. The van der Waals surface area contributed by atoms with Gasteiger partial charge >= 0.3 is 62.6 Å². The van der Waals surface area contributed by atoms with E-state index in [1.54, 1.807) is 0 Å². The molecule has 0 nitrogen and oxygen atoms in total. The second-order valence-electron chi connectivity index (χ2n) is 1.28. The Kier molecular flexibility index (Phi) is 7.83. The van der Waals surface area contributed by atoms with Gasteiger partial charge in [0.25, 0.3) is 0 Å². The first-order valence-electron chi connectivity index (χ1n) is 2.36. The van der Waals surface area contributed by atoms with Crippen molar-refractivity contribution < 1.29 is 17.0 Å². The third-order valence-corrected chi connectivity index (χ3v) is 1.69. The number of halogens is 1. The number of allylic oxidation sites excluding steroid dienone is 2. The van der Waals surface area contributed by atoms with E-state index in [0.29, 0.717) is 0 Å². The molecule has 0 heterocycles. The van der Waals surface area contributed by atoms with Crippen LogP contribution in [-0.4, -0.2) is 0 Å². The van der Waals surface area contributed by atoms with E-state index in [0.717, 1.165) is 12.8 Å². The zero-order chi connectivity index (χ0) is 6.24. The van der Waals surface area contributed by atoms with Gasteiger partial charge in [0.05, 0.1) is 0 Å². The van der Waals surface area contributed by atoms with Crippen molar-refractivity contribution in [3.05, 3.63) is 23.3 Å². The van der Waals surface area contributed by atoms with E-state index in [9.17, 15) is 0 Å². The molecule has 0 aromatic rings. The summed E-state index contributed by atoms with van der Waals surface area (Å²) >= 11 is 0.270. The molecule has 50 valence electrons. The van der Waals surface area contributed by atoms with Gasteiger partial charge in [-0.1, -0.05) is 0 Å². The molecule has 0 atom stereocenters. The van der Waals surface area contributed by atoms with Crippen molar-refractivity contribution >= 4 is 9.53 Å².